The van der Waals surface area contributed by atoms with Crippen molar-refractivity contribution in [3.8, 4) is 5.75 Å². The van der Waals surface area contributed by atoms with Crippen molar-refractivity contribution in [2.24, 2.45) is 5.92 Å². The van der Waals surface area contributed by atoms with Gasteiger partial charge in [0, 0.05) is 0 Å². The molecule has 0 radical (unpaired) electrons. The third kappa shape index (κ3) is 7.93. The molecule has 2 rings (SSSR count). The largest absolute Gasteiger partial charge is 0.432 e. The monoisotopic (exact) mass is 490 g/mol. The number of halogens is 6. The maximum Gasteiger partial charge on any atom is 0.400 e. The molecule has 0 amide bonds. The quantitative estimate of drug-likeness (QED) is 0.195. The molecule has 0 aliphatic heterocycles. The highest BCUT2D eigenvalue weighted by Gasteiger charge is 2.41. The summed E-state index contributed by atoms with van der Waals surface area (Å²) in [4.78, 5) is 0. The minimum absolute atomic E-state index is 0.0142. The summed E-state index contributed by atoms with van der Waals surface area (Å²) in [6, 6.07) is 8.11. The van der Waals surface area contributed by atoms with Crippen molar-refractivity contribution in [3.63, 3.8) is 0 Å². The maximum atomic E-state index is 14.4. The van der Waals surface area contributed by atoms with Gasteiger partial charge in [-0.1, -0.05) is 45.7 Å². The molecule has 0 saturated heterocycles. The van der Waals surface area contributed by atoms with Crippen LogP contribution in [0.2, 0.25) is 0 Å². The number of aryl methyl sites for hydroxylation is 2. The Bertz CT molecular complexity index is 876. The summed E-state index contributed by atoms with van der Waals surface area (Å²) >= 11 is 0. The molecule has 0 saturated carbocycles. The second-order valence-electron chi connectivity index (χ2n) is 8.46. The van der Waals surface area contributed by atoms with Gasteiger partial charge in [-0.15, -0.1) is 0 Å². The summed E-state index contributed by atoms with van der Waals surface area (Å²) in [7, 11) is 0. The van der Waals surface area contributed by atoms with Crippen molar-refractivity contribution < 1.29 is 35.8 Å². The van der Waals surface area contributed by atoms with E-state index in [0.717, 1.165) is 43.4 Å². The number of rotatable bonds is 14. The van der Waals surface area contributed by atoms with Gasteiger partial charge in [-0.2, -0.15) is 17.6 Å². The number of alkyl halides is 4. The second kappa shape index (κ2) is 12.5. The number of hydrogen-bond acceptors (Lipinski definition) is 2. The standard InChI is InChI=1S/C26H32F6O2/c1-4-6-7-10-20-11-13-21(14-12-20)34-25(29,30)18(3)9-8-15-33-26(31,32)24-22(27)16-19(5-2)17-23(24)28/h11-14,16-18H,4-10,15H2,1-3H3. The Morgan fingerprint density at radius 2 is 1.47 bits per heavy atom. The third-order valence-corrected chi connectivity index (χ3v) is 5.69. The van der Waals surface area contributed by atoms with E-state index < -0.39 is 41.9 Å². The molecular weight excluding hydrogens is 458 g/mol. The van der Waals surface area contributed by atoms with Gasteiger partial charge in [-0.3, -0.25) is 0 Å². The van der Waals surface area contributed by atoms with Crippen LogP contribution in [0.1, 0.15) is 69.6 Å². The summed E-state index contributed by atoms with van der Waals surface area (Å²) in [5.74, 6) is -4.11. The van der Waals surface area contributed by atoms with Crippen LogP contribution in [0.5, 0.6) is 5.75 Å². The van der Waals surface area contributed by atoms with Crippen LogP contribution in [-0.4, -0.2) is 12.7 Å². The molecule has 0 heterocycles. The minimum Gasteiger partial charge on any atom is -0.432 e. The SMILES string of the molecule is CCCCCc1ccc(OC(F)(F)C(C)CCCOC(F)(F)c2c(F)cc(CC)cc2F)cc1. The summed E-state index contributed by atoms with van der Waals surface area (Å²) in [5, 5.41) is 0. The van der Waals surface area contributed by atoms with Crippen molar-refractivity contribution in [3.05, 3.63) is 64.7 Å². The highest BCUT2D eigenvalue weighted by Crippen LogP contribution is 2.35. The molecule has 1 atom stereocenters. The Morgan fingerprint density at radius 1 is 0.853 bits per heavy atom. The summed E-state index contributed by atoms with van der Waals surface area (Å²) in [5.41, 5.74) is -0.214. The molecule has 0 spiro atoms. The molecule has 1 unspecified atom stereocenters. The summed E-state index contributed by atoms with van der Waals surface area (Å²) in [6.45, 7) is 4.31. The van der Waals surface area contributed by atoms with E-state index >= 15 is 0 Å². The lowest BCUT2D eigenvalue weighted by atomic mass is 10.0. The van der Waals surface area contributed by atoms with Crippen LogP contribution in [0, 0.1) is 17.6 Å². The van der Waals surface area contributed by atoms with Gasteiger partial charge >= 0.3 is 12.2 Å². The van der Waals surface area contributed by atoms with Crippen LogP contribution in [0.4, 0.5) is 26.3 Å². The minimum atomic E-state index is -4.22. The first-order valence-corrected chi connectivity index (χ1v) is 11.7. The zero-order chi connectivity index (χ0) is 25.4. The van der Waals surface area contributed by atoms with Crippen molar-refractivity contribution in [1.29, 1.82) is 0 Å². The molecule has 0 fully saturated rings. The first kappa shape index (κ1) is 28.0. The van der Waals surface area contributed by atoms with Crippen molar-refractivity contribution in [2.75, 3.05) is 6.61 Å². The maximum absolute atomic E-state index is 14.4. The first-order valence-electron chi connectivity index (χ1n) is 11.7. The lowest BCUT2D eigenvalue weighted by Gasteiger charge is -2.25. The van der Waals surface area contributed by atoms with Gasteiger partial charge in [0.25, 0.3) is 0 Å². The molecule has 34 heavy (non-hydrogen) atoms. The molecule has 0 N–H and O–H groups in total. The first-order chi connectivity index (χ1) is 16.0. The smallest absolute Gasteiger partial charge is 0.400 e. The molecule has 0 aromatic heterocycles. The van der Waals surface area contributed by atoms with E-state index in [1.54, 1.807) is 19.1 Å². The molecule has 0 aliphatic rings. The Morgan fingerprint density at radius 3 is 2.03 bits per heavy atom. The number of unbranched alkanes of at least 4 members (excludes halogenated alkanes) is 2. The molecule has 2 aromatic rings. The molecule has 0 bridgehead atoms. The Hall–Kier alpha value is -2.22. The lowest BCUT2D eigenvalue weighted by molar-refractivity contribution is -0.254. The zero-order valence-corrected chi connectivity index (χ0v) is 19.8. The van der Waals surface area contributed by atoms with Crippen LogP contribution < -0.4 is 4.74 Å². The van der Waals surface area contributed by atoms with E-state index in [1.807, 2.05) is 0 Å². The average molecular weight is 491 g/mol. The molecular formula is C26H32F6O2. The topological polar surface area (TPSA) is 18.5 Å². The van der Waals surface area contributed by atoms with Gasteiger partial charge in [0.05, 0.1) is 12.5 Å². The van der Waals surface area contributed by atoms with Gasteiger partial charge in [0.1, 0.15) is 22.9 Å². The van der Waals surface area contributed by atoms with E-state index in [-0.39, 0.29) is 30.6 Å². The molecule has 190 valence electrons. The van der Waals surface area contributed by atoms with E-state index in [4.69, 9.17) is 4.74 Å². The van der Waals surface area contributed by atoms with Crippen LogP contribution in [0.3, 0.4) is 0 Å². The van der Waals surface area contributed by atoms with Crippen LogP contribution in [0.15, 0.2) is 36.4 Å². The van der Waals surface area contributed by atoms with E-state index in [9.17, 15) is 26.3 Å². The number of benzene rings is 2. The van der Waals surface area contributed by atoms with Crippen molar-refractivity contribution in [2.45, 2.75) is 77.9 Å². The van der Waals surface area contributed by atoms with Gasteiger partial charge in [0.2, 0.25) is 0 Å². The van der Waals surface area contributed by atoms with E-state index in [2.05, 4.69) is 11.7 Å². The Kier molecular flexibility index (Phi) is 10.3. The normalized spacial score (nSPS) is 13.2. The second-order valence-corrected chi connectivity index (χ2v) is 8.46. The summed E-state index contributed by atoms with van der Waals surface area (Å²) in [6.07, 6.45) is -3.77. The molecule has 8 heteroatoms. The van der Waals surface area contributed by atoms with Crippen LogP contribution >= 0.6 is 0 Å². The zero-order valence-electron chi connectivity index (χ0n) is 19.8. The lowest BCUT2D eigenvalue weighted by Crippen LogP contribution is -2.33. The van der Waals surface area contributed by atoms with Gasteiger partial charge in [0.15, 0.2) is 0 Å². The Labute approximate surface area is 197 Å². The average Bonchev–Trinajstić information content (AvgIpc) is 2.77. The van der Waals surface area contributed by atoms with Gasteiger partial charge in [-0.05, 0) is 67.5 Å². The molecule has 2 aromatic carbocycles. The van der Waals surface area contributed by atoms with Crippen molar-refractivity contribution >= 4 is 0 Å². The van der Waals surface area contributed by atoms with Crippen LogP contribution in [0.25, 0.3) is 0 Å². The Balaban J connectivity index is 1.86. The fraction of sp³-hybridized carbons (Fsp3) is 0.538. The third-order valence-electron chi connectivity index (χ3n) is 5.69. The van der Waals surface area contributed by atoms with E-state index in [0.29, 0.717) is 0 Å². The van der Waals surface area contributed by atoms with Gasteiger partial charge < -0.3 is 9.47 Å². The fourth-order valence-electron chi connectivity index (χ4n) is 3.50. The molecule has 0 aliphatic carbocycles. The van der Waals surface area contributed by atoms with Crippen LogP contribution in [-0.2, 0) is 23.7 Å². The highest BCUT2D eigenvalue weighted by molar-refractivity contribution is 5.29. The predicted octanol–water partition coefficient (Wildman–Crippen LogP) is 8.41. The number of hydrogen-bond donors (Lipinski definition) is 0. The number of ether oxygens (including phenoxy) is 2. The summed E-state index contributed by atoms with van der Waals surface area (Å²) < 4.78 is 94.5. The van der Waals surface area contributed by atoms with E-state index in [1.165, 1.54) is 19.1 Å². The van der Waals surface area contributed by atoms with Gasteiger partial charge in [-0.25, -0.2) is 8.78 Å². The fourth-order valence-corrected chi connectivity index (χ4v) is 3.50. The molecule has 2 nitrogen and oxygen atoms in total. The van der Waals surface area contributed by atoms with Crippen molar-refractivity contribution in [1.82, 2.24) is 0 Å². The predicted molar refractivity (Wildman–Crippen MR) is 119 cm³/mol. The highest BCUT2D eigenvalue weighted by atomic mass is 19.3.